The summed E-state index contributed by atoms with van der Waals surface area (Å²) in [5, 5.41) is 14.3. The molecule has 0 spiro atoms. The Hall–Kier alpha value is -3.08. The normalized spacial score (nSPS) is 11.2. The number of aromatic nitrogens is 1. The van der Waals surface area contributed by atoms with Gasteiger partial charge in [0.1, 0.15) is 0 Å². The molecule has 0 aliphatic carbocycles. The zero-order valence-electron chi connectivity index (χ0n) is 12.9. The van der Waals surface area contributed by atoms with Gasteiger partial charge in [-0.25, -0.2) is 4.79 Å². The number of hydrogen-bond donors (Lipinski definition) is 2. The molecule has 116 valence electrons. The Labute approximate surface area is 133 Å². The number of carboxylic acid groups (broad SMARTS) is 1. The number of nitrogens with one attached hydrogen (secondary N) is 1. The molecule has 2 N–H and O–H groups in total. The third kappa shape index (κ3) is 2.81. The summed E-state index contributed by atoms with van der Waals surface area (Å²) in [6, 6.07) is 14.7. The van der Waals surface area contributed by atoms with Crippen molar-refractivity contribution < 1.29 is 9.90 Å². The standard InChI is InChI=1S/C18H17N3O2/c1-12-16(15-5-3-4-6-17(15)21(12)2)11-19-20-14-9-7-13(8-10-14)18(22)23/h3-11,20H,1-2H3,(H,22,23). The Morgan fingerprint density at radius 1 is 1.17 bits per heavy atom. The van der Waals surface area contributed by atoms with E-state index in [2.05, 4.69) is 34.2 Å². The number of carbonyl (C=O) groups is 1. The van der Waals surface area contributed by atoms with E-state index in [1.807, 2.05) is 19.2 Å². The molecule has 5 heteroatoms. The molecule has 0 atom stereocenters. The smallest absolute Gasteiger partial charge is 0.335 e. The van der Waals surface area contributed by atoms with E-state index in [4.69, 9.17) is 5.11 Å². The quantitative estimate of drug-likeness (QED) is 0.571. The zero-order valence-corrected chi connectivity index (χ0v) is 12.9. The van der Waals surface area contributed by atoms with Gasteiger partial charge in [0.15, 0.2) is 0 Å². The van der Waals surface area contributed by atoms with Crippen LogP contribution in [0.2, 0.25) is 0 Å². The van der Waals surface area contributed by atoms with Gasteiger partial charge < -0.3 is 9.67 Å². The number of aromatic carboxylic acids is 1. The van der Waals surface area contributed by atoms with Crippen LogP contribution in [-0.4, -0.2) is 21.9 Å². The SMILES string of the molecule is Cc1c(C=NNc2ccc(C(=O)O)cc2)c2ccccc2n1C. The molecular weight excluding hydrogens is 290 g/mol. The predicted molar refractivity (Wildman–Crippen MR) is 92.3 cm³/mol. The van der Waals surface area contributed by atoms with Crippen LogP contribution in [0.3, 0.4) is 0 Å². The van der Waals surface area contributed by atoms with Gasteiger partial charge in [-0.2, -0.15) is 5.10 Å². The van der Waals surface area contributed by atoms with Crippen molar-refractivity contribution in [3.05, 3.63) is 65.4 Å². The maximum absolute atomic E-state index is 10.8. The highest BCUT2D eigenvalue weighted by molar-refractivity contribution is 6.01. The second-order valence-electron chi connectivity index (χ2n) is 5.33. The second-order valence-corrected chi connectivity index (χ2v) is 5.33. The van der Waals surface area contributed by atoms with Gasteiger partial charge in [0, 0.05) is 29.2 Å². The van der Waals surface area contributed by atoms with Crippen molar-refractivity contribution in [2.75, 3.05) is 5.43 Å². The van der Waals surface area contributed by atoms with Crippen molar-refractivity contribution in [2.24, 2.45) is 12.1 Å². The van der Waals surface area contributed by atoms with Gasteiger partial charge in [-0.3, -0.25) is 5.43 Å². The first-order chi connectivity index (χ1) is 11.1. The van der Waals surface area contributed by atoms with Gasteiger partial charge in [0.05, 0.1) is 17.5 Å². The van der Waals surface area contributed by atoms with Crippen molar-refractivity contribution >= 4 is 28.8 Å². The average molecular weight is 307 g/mol. The van der Waals surface area contributed by atoms with Crippen LogP contribution in [-0.2, 0) is 7.05 Å². The van der Waals surface area contributed by atoms with Crippen molar-refractivity contribution in [3.63, 3.8) is 0 Å². The fourth-order valence-electron chi connectivity index (χ4n) is 2.57. The third-order valence-corrected chi connectivity index (χ3v) is 3.97. The number of carboxylic acids is 1. The van der Waals surface area contributed by atoms with Crippen molar-refractivity contribution in [1.82, 2.24) is 4.57 Å². The summed E-state index contributed by atoms with van der Waals surface area (Å²) < 4.78 is 2.14. The van der Waals surface area contributed by atoms with Crippen LogP contribution in [0.15, 0.2) is 53.6 Å². The summed E-state index contributed by atoms with van der Waals surface area (Å²) in [5.74, 6) is -0.938. The van der Waals surface area contributed by atoms with Gasteiger partial charge in [-0.1, -0.05) is 18.2 Å². The maximum Gasteiger partial charge on any atom is 0.335 e. The first kappa shape index (κ1) is 14.8. The van der Waals surface area contributed by atoms with E-state index >= 15 is 0 Å². The molecule has 3 aromatic rings. The second kappa shape index (κ2) is 5.96. The first-order valence-corrected chi connectivity index (χ1v) is 7.24. The summed E-state index contributed by atoms with van der Waals surface area (Å²) in [4.78, 5) is 10.8. The minimum atomic E-state index is -0.938. The van der Waals surface area contributed by atoms with E-state index in [9.17, 15) is 4.79 Å². The number of fused-ring (bicyclic) bond motifs is 1. The number of para-hydroxylation sites is 1. The van der Waals surface area contributed by atoms with Gasteiger partial charge in [0.2, 0.25) is 0 Å². The summed E-state index contributed by atoms with van der Waals surface area (Å²) >= 11 is 0. The summed E-state index contributed by atoms with van der Waals surface area (Å²) in [6.07, 6.45) is 1.79. The largest absolute Gasteiger partial charge is 0.478 e. The predicted octanol–water partition coefficient (Wildman–Crippen LogP) is 3.63. The molecule has 0 saturated carbocycles. The van der Waals surface area contributed by atoms with E-state index in [0.717, 1.165) is 27.8 Å². The Morgan fingerprint density at radius 2 is 1.87 bits per heavy atom. The molecule has 0 unspecified atom stereocenters. The van der Waals surface area contributed by atoms with Crippen molar-refractivity contribution in [3.8, 4) is 0 Å². The van der Waals surface area contributed by atoms with E-state index in [1.165, 1.54) is 0 Å². The number of hydrazone groups is 1. The van der Waals surface area contributed by atoms with Crippen molar-refractivity contribution in [1.29, 1.82) is 0 Å². The fraction of sp³-hybridized carbons (Fsp3) is 0.111. The van der Waals surface area contributed by atoms with Crippen LogP contribution in [0, 0.1) is 6.92 Å². The van der Waals surface area contributed by atoms with Crippen LogP contribution >= 0.6 is 0 Å². The number of rotatable bonds is 4. The minimum absolute atomic E-state index is 0.254. The number of hydrogen-bond acceptors (Lipinski definition) is 3. The Morgan fingerprint density at radius 3 is 2.57 bits per heavy atom. The van der Waals surface area contributed by atoms with Gasteiger partial charge in [-0.15, -0.1) is 0 Å². The molecule has 0 radical (unpaired) electrons. The molecule has 3 rings (SSSR count). The Kier molecular flexibility index (Phi) is 3.85. The molecule has 5 nitrogen and oxygen atoms in total. The lowest BCUT2D eigenvalue weighted by Gasteiger charge is -2.01. The zero-order chi connectivity index (χ0) is 16.4. The molecule has 0 bridgehead atoms. The molecule has 0 fully saturated rings. The number of nitrogens with zero attached hydrogens (tertiary/aromatic N) is 2. The Balaban J connectivity index is 1.83. The summed E-state index contributed by atoms with van der Waals surface area (Å²) in [7, 11) is 2.03. The maximum atomic E-state index is 10.8. The lowest BCUT2D eigenvalue weighted by Crippen LogP contribution is -1.97. The lowest BCUT2D eigenvalue weighted by molar-refractivity contribution is 0.0697. The molecule has 0 aliphatic heterocycles. The highest BCUT2D eigenvalue weighted by atomic mass is 16.4. The monoisotopic (exact) mass is 307 g/mol. The Bertz CT molecular complexity index is 893. The number of aryl methyl sites for hydroxylation is 1. The first-order valence-electron chi connectivity index (χ1n) is 7.24. The van der Waals surface area contributed by atoms with E-state index < -0.39 is 5.97 Å². The van der Waals surface area contributed by atoms with E-state index in [0.29, 0.717) is 0 Å². The molecule has 1 heterocycles. The van der Waals surface area contributed by atoms with Gasteiger partial charge >= 0.3 is 5.97 Å². The van der Waals surface area contributed by atoms with Crippen LogP contribution in [0.25, 0.3) is 10.9 Å². The number of benzene rings is 2. The lowest BCUT2D eigenvalue weighted by atomic mass is 10.1. The minimum Gasteiger partial charge on any atom is -0.478 e. The molecule has 0 amide bonds. The van der Waals surface area contributed by atoms with E-state index in [1.54, 1.807) is 30.5 Å². The highest BCUT2D eigenvalue weighted by Crippen LogP contribution is 2.23. The number of anilines is 1. The fourth-order valence-corrected chi connectivity index (χ4v) is 2.57. The topological polar surface area (TPSA) is 66.6 Å². The van der Waals surface area contributed by atoms with Crippen LogP contribution in [0.1, 0.15) is 21.6 Å². The summed E-state index contributed by atoms with van der Waals surface area (Å²) in [5.41, 5.74) is 7.29. The molecule has 2 aromatic carbocycles. The third-order valence-electron chi connectivity index (χ3n) is 3.97. The average Bonchev–Trinajstić information content (AvgIpc) is 2.81. The van der Waals surface area contributed by atoms with Gasteiger partial charge in [-0.05, 0) is 37.3 Å². The molecule has 23 heavy (non-hydrogen) atoms. The molecule has 0 saturated heterocycles. The highest BCUT2D eigenvalue weighted by Gasteiger charge is 2.09. The van der Waals surface area contributed by atoms with E-state index in [-0.39, 0.29) is 5.56 Å². The summed E-state index contributed by atoms with van der Waals surface area (Å²) in [6.45, 7) is 2.06. The van der Waals surface area contributed by atoms with Crippen LogP contribution in [0.4, 0.5) is 5.69 Å². The van der Waals surface area contributed by atoms with Crippen LogP contribution in [0.5, 0.6) is 0 Å². The van der Waals surface area contributed by atoms with Crippen molar-refractivity contribution in [2.45, 2.75) is 6.92 Å². The molecule has 0 aliphatic rings. The molecular formula is C18H17N3O2. The molecule has 1 aromatic heterocycles. The van der Waals surface area contributed by atoms with Gasteiger partial charge in [0.25, 0.3) is 0 Å². The van der Waals surface area contributed by atoms with Crippen LogP contribution < -0.4 is 5.43 Å².